The average molecular weight is 331 g/mol. The second-order valence-electron chi connectivity index (χ2n) is 7.08. The van der Waals surface area contributed by atoms with Gasteiger partial charge in [0.25, 0.3) is 11.8 Å². The van der Waals surface area contributed by atoms with Gasteiger partial charge in [-0.25, -0.2) is 4.79 Å². The monoisotopic (exact) mass is 331 g/mol. The van der Waals surface area contributed by atoms with Crippen molar-refractivity contribution in [3.05, 3.63) is 29.3 Å². The van der Waals surface area contributed by atoms with Gasteiger partial charge in [0.05, 0.1) is 11.1 Å². The van der Waals surface area contributed by atoms with Crippen LogP contribution in [0.3, 0.4) is 0 Å². The first-order valence-corrected chi connectivity index (χ1v) is 8.22. The van der Waals surface area contributed by atoms with Gasteiger partial charge in [-0.1, -0.05) is 13.3 Å². The predicted molar refractivity (Wildman–Crippen MR) is 93.3 cm³/mol. The Labute approximate surface area is 142 Å². The summed E-state index contributed by atoms with van der Waals surface area (Å²) in [6.07, 6.45) is 1.94. The van der Waals surface area contributed by atoms with Gasteiger partial charge >= 0.3 is 6.03 Å². The summed E-state index contributed by atoms with van der Waals surface area (Å²) < 4.78 is 0. The van der Waals surface area contributed by atoms with E-state index in [1.54, 1.807) is 30.1 Å². The molecule has 0 radical (unpaired) electrons. The first-order valence-electron chi connectivity index (χ1n) is 8.22. The van der Waals surface area contributed by atoms with Crippen LogP contribution in [-0.4, -0.2) is 46.8 Å². The van der Waals surface area contributed by atoms with Crippen molar-refractivity contribution in [1.82, 2.24) is 9.80 Å². The van der Waals surface area contributed by atoms with Crippen LogP contribution in [0.5, 0.6) is 0 Å². The molecular formula is C18H25N3O3. The van der Waals surface area contributed by atoms with Gasteiger partial charge in [-0.2, -0.15) is 0 Å². The lowest BCUT2D eigenvalue weighted by molar-refractivity contribution is 0.0507. The molecule has 0 saturated heterocycles. The maximum Gasteiger partial charge on any atom is 0.321 e. The summed E-state index contributed by atoms with van der Waals surface area (Å²) in [5.74, 6) is -0.613. The summed E-state index contributed by atoms with van der Waals surface area (Å²) in [4.78, 5) is 40.0. The Bertz CT molecular complexity index is 677. The van der Waals surface area contributed by atoms with Crippen LogP contribution in [0.25, 0.3) is 0 Å². The topological polar surface area (TPSA) is 69.7 Å². The van der Waals surface area contributed by atoms with Gasteiger partial charge in [0.2, 0.25) is 0 Å². The molecule has 0 aromatic heterocycles. The molecule has 0 spiro atoms. The van der Waals surface area contributed by atoms with E-state index >= 15 is 0 Å². The third kappa shape index (κ3) is 3.42. The van der Waals surface area contributed by atoms with Crippen LogP contribution in [0, 0.1) is 0 Å². The number of benzene rings is 1. The molecule has 2 rings (SSSR count). The highest BCUT2D eigenvalue weighted by Gasteiger charge is 2.41. The second-order valence-corrected chi connectivity index (χ2v) is 7.08. The Hall–Kier alpha value is -2.37. The number of rotatable bonds is 4. The van der Waals surface area contributed by atoms with E-state index in [0.29, 0.717) is 23.4 Å². The zero-order valence-electron chi connectivity index (χ0n) is 15.0. The molecule has 0 saturated carbocycles. The largest absolute Gasteiger partial charge is 0.328 e. The molecular weight excluding hydrogens is 306 g/mol. The zero-order chi connectivity index (χ0) is 18.1. The van der Waals surface area contributed by atoms with Crippen molar-refractivity contribution in [2.24, 2.45) is 0 Å². The van der Waals surface area contributed by atoms with Crippen LogP contribution in [0.4, 0.5) is 10.5 Å². The molecule has 6 heteroatoms. The Morgan fingerprint density at radius 1 is 1.17 bits per heavy atom. The number of anilines is 1. The van der Waals surface area contributed by atoms with Crippen LogP contribution in [0.1, 0.15) is 61.3 Å². The Morgan fingerprint density at radius 2 is 1.79 bits per heavy atom. The second kappa shape index (κ2) is 6.63. The van der Waals surface area contributed by atoms with Crippen molar-refractivity contribution in [1.29, 1.82) is 0 Å². The maximum absolute atomic E-state index is 12.5. The first kappa shape index (κ1) is 18.0. The van der Waals surface area contributed by atoms with Crippen LogP contribution < -0.4 is 5.32 Å². The van der Waals surface area contributed by atoms with Gasteiger partial charge < -0.3 is 10.2 Å². The fourth-order valence-electron chi connectivity index (χ4n) is 2.64. The van der Waals surface area contributed by atoms with Gasteiger partial charge in [-0.05, 0) is 45.4 Å². The molecule has 0 aliphatic carbocycles. The number of fused-ring (bicyclic) bond motifs is 1. The fraction of sp³-hybridized carbons (Fsp3) is 0.500. The number of carbonyl (C=O) groups excluding carboxylic acids is 3. The Morgan fingerprint density at radius 3 is 2.38 bits per heavy atom. The number of hydrogen-bond acceptors (Lipinski definition) is 3. The third-order valence-corrected chi connectivity index (χ3v) is 4.00. The smallest absolute Gasteiger partial charge is 0.321 e. The van der Waals surface area contributed by atoms with Gasteiger partial charge in [0.1, 0.15) is 0 Å². The predicted octanol–water partition coefficient (Wildman–Crippen LogP) is 3.34. The Balaban J connectivity index is 2.20. The minimum atomic E-state index is -0.586. The number of nitrogens with one attached hydrogen (secondary N) is 1. The molecule has 24 heavy (non-hydrogen) atoms. The summed E-state index contributed by atoms with van der Waals surface area (Å²) in [6.45, 7) is 8.19. The number of imide groups is 1. The van der Waals surface area contributed by atoms with E-state index in [4.69, 9.17) is 0 Å². The molecule has 1 aliphatic heterocycles. The van der Waals surface area contributed by atoms with Crippen molar-refractivity contribution >= 4 is 23.5 Å². The molecule has 0 atom stereocenters. The van der Waals surface area contributed by atoms with Gasteiger partial charge in [0.15, 0.2) is 0 Å². The highest BCUT2D eigenvalue weighted by atomic mass is 16.2. The number of amides is 4. The normalized spacial score (nSPS) is 14.0. The van der Waals surface area contributed by atoms with Crippen LogP contribution in [0.2, 0.25) is 0 Å². The molecule has 130 valence electrons. The number of carbonyl (C=O) groups is 3. The summed E-state index contributed by atoms with van der Waals surface area (Å²) in [5.41, 5.74) is 0.645. The van der Waals surface area contributed by atoms with Gasteiger partial charge in [-0.15, -0.1) is 0 Å². The van der Waals surface area contributed by atoms with E-state index in [-0.39, 0.29) is 17.8 Å². The SMILES string of the molecule is CCCCN(C)C(=O)Nc1ccc2c(c1)C(=O)N(C(C)(C)C)C2=O. The van der Waals surface area contributed by atoms with Crippen molar-refractivity contribution in [2.75, 3.05) is 18.9 Å². The van der Waals surface area contributed by atoms with E-state index in [0.717, 1.165) is 12.8 Å². The quantitative estimate of drug-likeness (QED) is 0.860. The maximum atomic E-state index is 12.5. The molecule has 6 nitrogen and oxygen atoms in total. The molecule has 4 amide bonds. The van der Waals surface area contributed by atoms with Crippen molar-refractivity contribution in [3.63, 3.8) is 0 Å². The molecule has 1 N–H and O–H groups in total. The highest BCUT2D eigenvalue weighted by Crippen LogP contribution is 2.30. The van der Waals surface area contributed by atoms with Gasteiger partial charge in [-0.3, -0.25) is 14.5 Å². The average Bonchev–Trinajstić information content (AvgIpc) is 2.75. The lowest BCUT2D eigenvalue weighted by Crippen LogP contribution is -2.45. The van der Waals surface area contributed by atoms with Crippen molar-refractivity contribution in [3.8, 4) is 0 Å². The number of urea groups is 1. The standard InChI is InChI=1S/C18H25N3O3/c1-6-7-10-20(5)17(24)19-12-8-9-13-14(11-12)16(23)21(15(13)22)18(2,3)4/h8-9,11H,6-7,10H2,1-5H3,(H,19,24). The van der Waals surface area contributed by atoms with Crippen molar-refractivity contribution < 1.29 is 14.4 Å². The number of unbranched alkanes of at least 4 members (excludes halogenated alkanes) is 1. The minimum absolute atomic E-state index is 0.229. The van der Waals surface area contributed by atoms with E-state index < -0.39 is 5.54 Å². The van der Waals surface area contributed by atoms with E-state index in [1.807, 2.05) is 20.8 Å². The molecule has 1 heterocycles. The molecule has 1 aromatic rings. The lowest BCUT2D eigenvalue weighted by Gasteiger charge is -2.29. The highest BCUT2D eigenvalue weighted by molar-refractivity contribution is 6.22. The lowest BCUT2D eigenvalue weighted by atomic mass is 10.1. The molecule has 0 fully saturated rings. The van der Waals surface area contributed by atoms with E-state index in [2.05, 4.69) is 12.2 Å². The number of hydrogen-bond donors (Lipinski definition) is 1. The van der Waals surface area contributed by atoms with Crippen LogP contribution >= 0.6 is 0 Å². The first-order chi connectivity index (χ1) is 11.2. The van der Waals surface area contributed by atoms with E-state index in [1.165, 1.54) is 4.90 Å². The molecule has 1 aliphatic rings. The summed E-state index contributed by atoms with van der Waals surface area (Å²) in [7, 11) is 1.73. The fourth-order valence-corrected chi connectivity index (χ4v) is 2.64. The molecule has 0 unspecified atom stereocenters. The number of nitrogens with zero attached hydrogens (tertiary/aromatic N) is 2. The minimum Gasteiger partial charge on any atom is -0.328 e. The summed E-state index contributed by atoms with van der Waals surface area (Å²) >= 11 is 0. The van der Waals surface area contributed by atoms with Crippen molar-refractivity contribution in [2.45, 2.75) is 46.1 Å². The van der Waals surface area contributed by atoms with E-state index in [9.17, 15) is 14.4 Å². The van der Waals surface area contributed by atoms with Gasteiger partial charge in [0, 0.05) is 24.8 Å². The van der Waals surface area contributed by atoms with Crippen LogP contribution in [-0.2, 0) is 0 Å². The summed E-state index contributed by atoms with van der Waals surface area (Å²) in [6, 6.07) is 4.60. The third-order valence-electron chi connectivity index (χ3n) is 4.00. The molecule has 0 bridgehead atoms. The molecule has 1 aromatic carbocycles. The summed E-state index contributed by atoms with van der Waals surface area (Å²) in [5, 5.41) is 2.77. The zero-order valence-corrected chi connectivity index (χ0v) is 15.0. The van der Waals surface area contributed by atoms with Crippen LogP contribution in [0.15, 0.2) is 18.2 Å². The Kier molecular flexibility index (Phi) is 4.96.